The molecule has 1 aromatic rings. The highest BCUT2D eigenvalue weighted by molar-refractivity contribution is 6.00. The molecule has 114 valence electrons. The highest BCUT2D eigenvalue weighted by Crippen LogP contribution is 2.29. The maximum Gasteiger partial charge on any atom is 0.270 e. The fraction of sp³-hybridized carbons (Fsp3) is 0.533. The summed E-state index contributed by atoms with van der Waals surface area (Å²) >= 11 is 0. The van der Waals surface area contributed by atoms with Crippen molar-refractivity contribution in [2.24, 2.45) is 5.92 Å². The van der Waals surface area contributed by atoms with Gasteiger partial charge in [-0.2, -0.15) is 0 Å². The number of anilines is 1. The second kappa shape index (κ2) is 6.11. The average Bonchev–Trinajstić information content (AvgIpc) is 2.46. The molecule has 0 bridgehead atoms. The van der Waals surface area contributed by atoms with Gasteiger partial charge in [-0.25, -0.2) is 0 Å². The monoisotopic (exact) mass is 291 g/mol. The first-order valence-electron chi connectivity index (χ1n) is 7.15. The number of non-ortho nitro benzene ring substituents is 1. The van der Waals surface area contributed by atoms with E-state index in [0.717, 1.165) is 31.6 Å². The lowest BCUT2D eigenvalue weighted by Crippen LogP contribution is -2.35. The van der Waals surface area contributed by atoms with E-state index in [1.807, 2.05) is 0 Å². The molecule has 0 unspecified atom stereocenters. The van der Waals surface area contributed by atoms with Crippen LogP contribution in [0, 0.1) is 16.0 Å². The third kappa shape index (κ3) is 3.32. The number of nitrogens with zero attached hydrogens (tertiary/aromatic N) is 3. The Bertz CT molecular complexity index is 549. The molecule has 6 nitrogen and oxygen atoms in total. The Hall–Kier alpha value is -2.11. The number of piperidine rings is 1. The van der Waals surface area contributed by atoms with E-state index in [1.165, 1.54) is 17.0 Å². The molecule has 2 rings (SSSR count). The van der Waals surface area contributed by atoms with Crippen LogP contribution in [0.2, 0.25) is 0 Å². The van der Waals surface area contributed by atoms with Crippen molar-refractivity contribution in [2.75, 3.05) is 32.1 Å². The standard InChI is InChI=1S/C15H21N3O3/c1-11-6-8-17(9-7-11)14-5-4-12(18(20)21)10-13(14)15(19)16(2)3/h4-5,10-11H,6-9H2,1-3H3. The van der Waals surface area contributed by atoms with Crippen molar-refractivity contribution in [3.63, 3.8) is 0 Å². The van der Waals surface area contributed by atoms with Crippen molar-refractivity contribution in [2.45, 2.75) is 19.8 Å². The van der Waals surface area contributed by atoms with Gasteiger partial charge in [-0.05, 0) is 24.8 Å². The van der Waals surface area contributed by atoms with Crippen LogP contribution >= 0.6 is 0 Å². The van der Waals surface area contributed by atoms with Crippen molar-refractivity contribution in [1.82, 2.24) is 4.90 Å². The maximum atomic E-state index is 12.3. The molecule has 1 aliphatic heterocycles. The van der Waals surface area contributed by atoms with E-state index in [2.05, 4.69) is 11.8 Å². The van der Waals surface area contributed by atoms with Gasteiger partial charge in [-0.1, -0.05) is 6.92 Å². The summed E-state index contributed by atoms with van der Waals surface area (Å²) in [7, 11) is 3.31. The molecule has 0 spiro atoms. The summed E-state index contributed by atoms with van der Waals surface area (Å²) < 4.78 is 0. The van der Waals surface area contributed by atoms with Crippen LogP contribution in [0.25, 0.3) is 0 Å². The van der Waals surface area contributed by atoms with Crippen LogP contribution in [0.4, 0.5) is 11.4 Å². The van der Waals surface area contributed by atoms with Crippen molar-refractivity contribution < 1.29 is 9.72 Å². The number of nitro benzene ring substituents is 1. The smallest absolute Gasteiger partial charge is 0.270 e. The molecule has 1 aromatic carbocycles. The summed E-state index contributed by atoms with van der Waals surface area (Å²) in [6, 6.07) is 4.56. The minimum atomic E-state index is -0.464. The molecule has 0 radical (unpaired) electrons. The predicted molar refractivity (Wildman–Crippen MR) is 81.7 cm³/mol. The molecule has 0 atom stereocenters. The van der Waals surface area contributed by atoms with Gasteiger partial charge in [0.15, 0.2) is 0 Å². The third-order valence-corrected chi connectivity index (χ3v) is 3.95. The van der Waals surface area contributed by atoms with Gasteiger partial charge in [0, 0.05) is 39.3 Å². The van der Waals surface area contributed by atoms with Crippen molar-refractivity contribution in [3.05, 3.63) is 33.9 Å². The highest BCUT2D eigenvalue weighted by Gasteiger charge is 2.24. The largest absolute Gasteiger partial charge is 0.371 e. The van der Waals surface area contributed by atoms with Gasteiger partial charge in [0.05, 0.1) is 16.2 Å². The van der Waals surface area contributed by atoms with Crippen molar-refractivity contribution >= 4 is 17.3 Å². The first-order chi connectivity index (χ1) is 9.90. The minimum absolute atomic E-state index is 0.0469. The molecular formula is C15H21N3O3. The SMILES string of the molecule is CC1CCN(c2ccc([N+](=O)[O-])cc2C(=O)N(C)C)CC1. The highest BCUT2D eigenvalue weighted by atomic mass is 16.6. The van der Waals surface area contributed by atoms with Gasteiger partial charge in [0.1, 0.15) is 0 Å². The molecule has 21 heavy (non-hydrogen) atoms. The van der Waals surface area contributed by atoms with E-state index >= 15 is 0 Å². The molecule has 0 aliphatic carbocycles. The van der Waals surface area contributed by atoms with E-state index in [4.69, 9.17) is 0 Å². The van der Waals surface area contributed by atoms with E-state index in [1.54, 1.807) is 20.2 Å². The molecule has 0 aromatic heterocycles. The summed E-state index contributed by atoms with van der Waals surface area (Å²) in [6.07, 6.45) is 2.15. The fourth-order valence-corrected chi connectivity index (χ4v) is 2.58. The molecule has 1 amide bonds. The van der Waals surface area contributed by atoms with E-state index in [0.29, 0.717) is 11.5 Å². The first-order valence-corrected chi connectivity index (χ1v) is 7.15. The Morgan fingerprint density at radius 1 is 1.33 bits per heavy atom. The van der Waals surface area contributed by atoms with Crippen LogP contribution < -0.4 is 4.90 Å². The second-order valence-corrected chi connectivity index (χ2v) is 5.83. The van der Waals surface area contributed by atoms with Crippen LogP contribution in [0.1, 0.15) is 30.1 Å². The zero-order valence-electron chi connectivity index (χ0n) is 12.7. The van der Waals surface area contributed by atoms with Crippen LogP contribution in [-0.2, 0) is 0 Å². The minimum Gasteiger partial charge on any atom is -0.371 e. The maximum absolute atomic E-state index is 12.3. The van der Waals surface area contributed by atoms with Gasteiger partial charge in [-0.15, -0.1) is 0 Å². The lowest BCUT2D eigenvalue weighted by atomic mass is 9.97. The molecule has 1 saturated heterocycles. The fourth-order valence-electron chi connectivity index (χ4n) is 2.58. The number of carbonyl (C=O) groups is 1. The zero-order valence-corrected chi connectivity index (χ0v) is 12.7. The van der Waals surface area contributed by atoms with Crippen LogP contribution in [-0.4, -0.2) is 42.9 Å². The lowest BCUT2D eigenvalue weighted by molar-refractivity contribution is -0.384. The number of hydrogen-bond donors (Lipinski definition) is 0. The normalized spacial score (nSPS) is 15.9. The molecule has 0 N–H and O–H groups in total. The molecular weight excluding hydrogens is 270 g/mol. The van der Waals surface area contributed by atoms with Crippen LogP contribution in [0.15, 0.2) is 18.2 Å². The summed E-state index contributed by atoms with van der Waals surface area (Å²) in [6.45, 7) is 3.98. The van der Waals surface area contributed by atoms with Crippen molar-refractivity contribution in [3.8, 4) is 0 Å². The number of rotatable bonds is 3. The lowest BCUT2D eigenvalue weighted by Gasteiger charge is -2.33. The average molecular weight is 291 g/mol. The number of benzene rings is 1. The summed E-state index contributed by atoms with van der Waals surface area (Å²) in [5, 5.41) is 10.9. The Labute approximate surface area is 124 Å². The molecule has 1 aliphatic rings. The van der Waals surface area contributed by atoms with Gasteiger partial charge >= 0.3 is 0 Å². The number of amides is 1. The van der Waals surface area contributed by atoms with E-state index in [9.17, 15) is 14.9 Å². The molecule has 6 heteroatoms. The summed E-state index contributed by atoms with van der Waals surface area (Å²) in [5.41, 5.74) is 1.16. The van der Waals surface area contributed by atoms with E-state index in [-0.39, 0.29) is 11.6 Å². The van der Waals surface area contributed by atoms with Crippen LogP contribution in [0.3, 0.4) is 0 Å². The second-order valence-electron chi connectivity index (χ2n) is 5.83. The Balaban J connectivity index is 2.39. The third-order valence-electron chi connectivity index (χ3n) is 3.95. The Morgan fingerprint density at radius 3 is 2.48 bits per heavy atom. The van der Waals surface area contributed by atoms with Gasteiger partial charge in [0.25, 0.3) is 11.6 Å². The van der Waals surface area contributed by atoms with Gasteiger partial charge in [0.2, 0.25) is 0 Å². The van der Waals surface area contributed by atoms with Crippen LogP contribution in [0.5, 0.6) is 0 Å². The topological polar surface area (TPSA) is 66.7 Å². The predicted octanol–water partition coefficient (Wildman–Crippen LogP) is 2.53. The first kappa shape index (κ1) is 15.3. The molecule has 1 fully saturated rings. The van der Waals surface area contributed by atoms with Gasteiger partial charge in [-0.3, -0.25) is 14.9 Å². The van der Waals surface area contributed by atoms with E-state index < -0.39 is 4.92 Å². The Morgan fingerprint density at radius 2 is 1.95 bits per heavy atom. The van der Waals surface area contributed by atoms with Crippen molar-refractivity contribution in [1.29, 1.82) is 0 Å². The molecule has 1 heterocycles. The number of carbonyl (C=O) groups excluding carboxylic acids is 1. The zero-order chi connectivity index (χ0) is 15.6. The van der Waals surface area contributed by atoms with Gasteiger partial charge < -0.3 is 9.80 Å². The Kier molecular flexibility index (Phi) is 4.45. The quantitative estimate of drug-likeness (QED) is 0.634. The summed E-state index contributed by atoms with van der Waals surface area (Å²) in [4.78, 5) is 26.4. The summed E-state index contributed by atoms with van der Waals surface area (Å²) in [5.74, 6) is 0.486. The molecule has 0 saturated carbocycles. The number of hydrogen-bond acceptors (Lipinski definition) is 4. The number of nitro groups is 1.